The molecule has 1 rings (SSSR count). The van der Waals surface area contributed by atoms with Crippen LogP contribution in [0.4, 0.5) is 0 Å². The molecule has 15 heavy (non-hydrogen) atoms. The first kappa shape index (κ1) is 17.0. The molecule has 0 aromatic carbocycles. The zero-order valence-electron chi connectivity index (χ0n) is 11.0. The molecule has 0 aliphatic carbocycles. The first-order chi connectivity index (χ1) is 7.28. The number of hydrogen-bond acceptors (Lipinski definition) is 3. The van der Waals surface area contributed by atoms with Gasteiger partial charge in [0, 0.05) is 6.04 Å². The van der Waals surface area contributed by atoms with Crippen molar-refractivity contribution in [3.63, 3.8) is 0 Å². The van der Waals surface area contributed by atoms with Gasteiger partial charge in [-0.3, -0.25) is 0 Å². The molecular formula is C12H28N2O. The molecule has 0 saturated carbocycles. The van der Waals surface area contributed by atoms with Crippen molar-refractivity contribution >= 4 is 6.29 Å². The SMILES string of the molecule is CC.CC=O.CCN1CCC(NC)CC1. The van der Waals surface area contributed by atoms with Gasteiger partial charge >= 0.3 is 0 Å². The van der Waals surface area contributed by atoms with Crippen LogP contribution >= 0.6 is 0 Å². The highest BCUT2D eigenvalue weighted by Gasteiger charge is 2.15. The standard InChI is InChI=1S/C8H18N2.C2H4O.C2H6/c1-3-10-6-4-8(9-2)5-7-10;1-2-3;1-2/h8-9H,3-7H2,1-2H3;2H,1H3;1-2H3. The van der Waals surface area contributed by atoms with Gasteiger partial charge in [-0.15, -0.1) is 0 Å². The maximum absolute atomic E-state index is 8.81. The van der Waals surface area contributed by atoms with Gasteiger partial charge in [-0.25, -0.2) is 0 Å². The van der Waals surface area contributed by atoms with Crippen LogP contribution in [-0.4, -0.2) is 43.9 Å². The summed E-state index contributed by atoms with van der Waals surface area (Å²) in [4.78, 5) is 11.3. The minimum atomic E-state index is 0.750. The maximum Gasteiger partial charge on any atom is 0.116 e. The number of carbonyl (C=O) groups excluding carboxylic acids is 1. The fraction of sp³-hybridized carbons (Fsp3) is 0.917. The highest BCUT2D eigenvalue weighted by atomic mass is 16.1. The summed E-state index contributed by atoms with van der Waals surface area (Å²) in [6, 6.07) is 0.780. The summed E-state index contributed by atoms with van der Waals surface area (Å²) in [5.74, 6) is 0. The summed E-state index contributed by atoms with van der Waals surface area (Å²) in [5, 5.41) is 3.32. The van der Waals surface area contributed by atoms with Crippen molar-refractivity contribution in [2.75, 3.05) is 26.7 Å². The van der Waals surface area contributed by atoms with Crippen LogP contribution in [0.15, 0.2) is 0 Å². The van der Waals surface area contributed by atoms with E-state index in [9.17, 15) is 0 Å². The molecule has 3 heteroatoms. The van der Waals surface area contributed by atoms with Crippen LogP contribution in [0.5, 0.6) is 0 Å². The van der Waals surface area contributed by atoms with Crippen molar-refractivity contribution in [3.05, 3.63) is 0 Å². The first-order valence-electron chi connectivity index (χ1n) is 6.07. The number of nitrogens with one attached hydrogen (secondary N) is 1. The third kappa shape index (κ3) is 9.88. The number of piperidine rings is 1. The highest BCUT2D eigenvalue weighted by molar-refractivity contribution is 5.44. The van der Waals surface area contributed by atoms with E-state index in [1.165, 1.54) is 39.4 Å². The van der Waals surface area contributed by atoms with Crippen LogP contribution in [0.3, 0.4) is 0 Å². The quantitative estimate of drug-likeness (QED) is 0.716. The second-order valence-corrected chi connectivity index (χ2v) is 3.23. The smallest absolute Gasteiger partial charge is 0.116 e. The predicted molar refractivity (Wildman–Crippen MR) is 67.3 cm³/mol. The first-order valence-corrected chi connectivity index (χ1v) is 6.07. The summed E-state index contributed by atoms with van der Waals surface area (Å²) in [5.41, 5.74) is 0. The molecule has 1 fully saturated rings. The van der Waals surface area contributed by atoms with Crippen molar-refractivity contribution in [2.24, 2.45) is 0 Å². The molecule has 0 bridgehead atoms. The van der Waals surface area contributed by atoms with Gasteiger partial charge < -0.3 is 15.0 Å². The van der Waals surface area contributed by atoms with Gasteiger partial charge in [0.15, 0.2) is 0 Å². The van der Waals surface area contributed by atoms with Crippen molar-refractivity contribution in [2.45, 2.75) is 46.6 Å². The van der Waals surface area contributed by atoms with Gasteiger partial charge in [-0.05, 0) is 46.4 Å². The monoisotopic (exact) mass is 216 g/mol. The number of hydrogen-bond donors (Lipinski definition) is 1. The van der Waals surface area contributed by atoms with Gasteiger partial charge in [0.05, 0.1) is 0 Å². The molecule has 0 atom stereocenters. The minimum Gasteiger partial charge on any atom is -0.317 e. The molecule has 0 amide bonds. The second-order valence-electron chi connectivity index (χ2n) is 3.23. The average Bonchev–Trinajstić information content (AvgIpc) is 2.33. The lowest BCUT2D eigenvalue weighted by Gasteiger charge is -2.30. The van der Waals surface area contributed by atoms with E-state index in [-0.39, 0.29) is 0 Å². The Morgan fingerprint density at radius 1 is 1.33 bits per heavy atom. The van der Waals surface area contributed by atoms with Crippen LogP contribution in [-0.2, 0) is 4.79 Å². The van der Waals surface area contributed by atoms with Crippen LogP contribution in [0.25, 0.3) is 0 Å². The van der Waals surface area contributed by atoms with Gasteiger partial charge in [0.2, 0.25) is 0 Å². The number of rotatable bonds is 2. The molecular weight excluding hydrogens is 188 g/mol. The van der Waals surface area contributed by atoms with E-state index in [4.69, 9.17) is 4.79 Å². The topological polar surface area (TPSA) is 32.3 Å². The number of aldehydes is 1. The summed E-state index contributed by atoms with van der Waals surface area (Å²) in [7, 11) is 2.06. The number of likely N-dealkylation sites (tertiary alicyclic amines) is 1. The average molecular weight is 216 g/mol. The van der Waals surface area contributed by atoms with E-state index in [2.05, 4.69) is 24.2 Å². The van der Waals surface area contributed by atoms with Gasteiger partial charge in [-0.2, -0.15) is 0 Å². The summed E-state index contributed by atoms with van der Waals surface area (Å²) in [6.45, 7) is 11.5. The highest BCUT2D eigenvalue weighted by Crippen LogP contribution is 2.08. The molecule has 0 unspecified atom stereocenters. The van der Waals surface area contributed by atoms with E-state index in [0.717, 1.165) is 12.3 Å². The van der Waals surface area contributed by atoms with E-state index in [0.29, 0.717) is 0 Å². The fourth-order valence-electron chi connectivity index (χ4n) is 1.54. The lowest BCUT2D eigenvalue weighted by molar-refractivity contribution is -0.106. The molecule has 0 spiro atoms. The van der Waals surface area contributed by atoms with Crippen LogP contribution in [0.1, 0.15) is 40.5 Å². The Bertz CT molecular complexity index is 109. The summed E-state index contributed by atoms with van der Waals surface area (Å²) >= 11 is 0. The van der Waals surface area contributed by atoms with Crippen molar-refractivity contribution in [1.29, 1.82) is 0 Å². The second kappa shape index (κ2) is 13.6. The Morgan fingerprint density at radius 3 is 2.00 bits per heavy atom. The zero-order chi connectivity index (χ0) is 12.1. The van der Waals surface area contributed by atoms with Gasteiger partial charge in [0.1, 0.15) is 6.29 Å². The maximum atomic E-state index is 8.81. The molecule has 1 saturated heterocycles. The molecule has 0 radical (unpaired) electrons. The predicted octanol–water partition coefficient (Wildman–Crippen LogP) is 1.92. The van der Waals surface area contributed by atoms with Crippen molar-refractivity contribution in [3.8, 4) is 0 Å². The summed E-state index contributed by atoms with van der Waals surface area (Å²) in [6.07, 6.45) is 3.40. The minimum absolute atomic E-state index is 0.750. The van der Waals surface area contributed by atoms with Crippen molar-refractivity contribution < 1.29 is 4.79 Å². The Kier molecular flexibility index (Phi) is 15.4. The van der Waals surface area contributed by atoms with Gasteiger partial charge in [-0.1, -0.05) is 20.8 Å². The molecule has 1 heterocycles. The lowest BCUT2D eigenvalue weighted by atomic mass is 10.1. The van der Waals surface area contributed by atoms with Crippen molar-refractivity contribution in [1.82, 2.24) is 10.2 Å². The molecule has 92 valence electrons. The summed E-state index contributed by atoms with van der Waals surface area (Å²) < 4.78 is 0. The zero-order valence-corrected chi connectivity index (χ0v) is 11.0. The largest absolute Gasteiger partial charge is 0.317 e. The third-order valence-electron chi connectivity index (χ3n) is 2.44. The molecule has 1 aliphatic heterocycles. The number of nitrogens with zero attached hydrogens (tertiary/aromatic N) is 1. The molecule has 1 N–H and O–H groups in total. The molecule has 1 aliphatic rings. The fourth-order valence-corrected chi connectivity index (χ4v) is 1.54. The van der Waals surface area contributed by atoms with E-state index in [1.807, 2.05) is 13.8 Å². The van der Waals surface area contributed by atoms with Crippen LogP contribution in [0, 0.1) is 0 Å². The normalized spacial score (nSPS) is 16.9. The third-order valence-corrected chi connectivity index (χ3v) is 2.44. The van der Waals surface area contributed by atoms with Gasteiger partial charge in [0.25, 0.3) is 0 Å². The van der Waals surface area contributed by atoms with E-state index < -0.39 is 0 Å². The van der Waals surface area contributed by atoms with E-state index >= 15 is 0 Å². The molecule has 0 aromatic rings. The Balaban J connectivity index is 0. The molecule has 3 nitrogen and oxygen atoms in total. The lowest BCUT2D eigenvalue weighted by Crippen LogP contribution is -2.40. The number of carbonyl (C=O) groups is 1. The Hall–Kier alpha value is -0.410. The Morgan fingerprint density at radius 2 is 1.73 bits per heavy atom. The van der Waals surface area contributed by atoms with E-state index in [1.54, 1.807) is 0 Å². The Labute approximate surface area is 95.2 Å². The van der Waals surface area contributed by atoms with Crippen LogP contribution < -0.4 is 5.32 Å². The van der Waals surface area contributed by atoms with Crippen LogP contribution in [0.2, 0.25) is 0 Å². The molecule has 0 aromatic heterocycles.